The van der Waals surface area contributed by atoms with Crippen molar-refractivity contribution in [2.75, 3.05) is 12.3 Å². The molecule has 29 heavy (non-hydrogen) atoms. The second-order valence-corrected chi connectivity index (χ2v) is 9.48. The van der Waals surface area contributed by atoms with Crippen molar-refractivity contribution in [2.45, 2.75) is 64.0 Å². The molecule has 166 valence electrons. The Morgan fingerprint density at radius 1 is 1.17 bits per heavy atom. The Morgan fingerprint density at radius 3 is 2.24 bits per heavy atom. The summed E-state index contributed by atoms with van der Waals surface area (Å²) < 4.78 is 98.2. The molecule has 0 saturated heterocycles. The molecule has 0 bridgehead atoms. The number of aliphatic hydroxyl groups excluding tert-OH is 1. The molecule has 1 N–H and O–H groups in total. The number of hydrogen-bond donors (Lipinski definition) is 1. The first-order chi connectivity index (χ1) is 13.1. The highest BCUT2D eigenvalue weighted by atomic mass is 32.2. The van der Waals surface area contributed by atoms with Gasteiger partial charge in [0.15, 0.2) is 0 Å². The molecule has 1 heterocycles. The number of ether oxygens (including phenoxy) is 1. The van der Waals surface area contributed by atoms with E-state index in [-0.39, 0.29) is 30.0 Å². The van der Waals surface area contributed by atoms with Gasteiger partial charge in [-0.05, 0) is 38.5 Å². The summed E-state index contributed by atoms with van der Waals surface area (Å²) in [7, 11) is -3.92. The van der Waals surface area contributed by atoms with E-state index in [1.54, 1.807) is 6.92 Å². The molecular formula is C18H24F5NO4S. The van der Waals surface area contributed by atoms with Crippen LogP contribution in [-0.2, 0) is 15.9 Å². The quantitative estimate of drug-likeness (QED) is 0.673. The zero-order valence-electron chi connectivity index (χ0n) is 16.4. The fourth-order valence-corrected chi connectivity index (χ4v) is 5.10. The Balaban J connectivity index is 2.71. The van der Waals surface area contributed by atoms with Gasteiger partial charge in [-0.2, -0.15) is 26.3 Å². The summed E-state index contributed by atoms with van der Waals surface area (Å²) in [4.78, 5) is 0. The van der Waals surface area contributed by atoms with Gasteiger partial charge in [-0.15, -0.1) is 0 Å². The summed E-state index contributed by atoms with van der Waals surface area (Å²) in [5.74, 6) is -5.47. The summed E-state index contributed by atoms with van der Waals surface area (Å²) in [5, 5.41) is 10.8. The molecule has 1 aliphatic rings. The maximum absolute atomic E-state index is 13.9. The molecular weight excluding hydrogens is 421 g/mol. The minimum absolute atomic E-state index is 0.0582. The van der Waals surface area contributed by atoms with Crippen molar-refractivity contribution in [2.24, 2.45) is 0 Å². The maximum atomic E-state index is 13.9. The Labute approximate surface area is 166 Å². The minimum Gasteiger partial charge on any atom is -0.485 e. The lowest BCUT2D eigenvalue weighted by atomic mass is 9.85. The van der Waals surface area contributed by atoms with Crippen LogP contribution in [0.2, 0.25) is 0 Å². The van der Waals surface area contributed by atoms with Crippen LogP contribution in [-0.4, -0.2) is 48.0 Å². The van der Waals surface area contributed by atoms with Gasteiger partial charge in [-0.3, -0.25) is 0 Å². The molecule has 0 unspecified atom stereocenters. The zero-order chi connectivity index (χ0) is 22.4. The molecule has 0 aliphatic carbocycles. The molecule has 1 aromatic rings. The number of halogens is 5. The first-order valence-electron chi connectivity index (χ1n) is 9.05. The van der Waals surface area contributed by atoms with E-state index < -0.39 is 45.4 Å². The van der Waals surface area contributed by atoms with Crippen molar-refractivity contribution in [1.29, 1.82) is 0 Å². The van der Waals surface area contributed by atoms with E-state index in [0.717, 1.165) is 10.4 Å². The van der Waals surface area contributed by atoms with Gasteiger partial charge in [0.25, 0.3) is 0 Å². The second-order valence-electron chi connectivity index (χ2n) is 7.44. The Hall–Kier alpha value is -1.46. The fraction of sp³-hybridized carbons (Fsp3) is 0.667. The normalized spacial score (nSPS) is 22.3. The average Bonchev–Trinajstić information content (AvgIpc) is 2.57. The maximum Gasteiger partial charge on any atom is 0.458 e. The molecule has 2 atom stereocenters. The lowest BCUT2D eigenvalue weighted by Crippen LogP contribution is -2.55. The van der Waals surface area contributed by atoms with E-state index >= 15 is 0 Å². The van der Waals surface area contributed by atoms with Gasteiger partial charge in [0, 0.05) is 17.7 Å². The molecule has 0 aromatic heterocycles. The van der Waals surface area contributed by atoms with Crippen LogP contribution in [0.4, 0.5) is 22.0 Å². The van der Waals surface area contributed by atoms with E-state index in [1.807, 2.05) is 0 Å². The zero-order valence-corrected chi connectivity index (χ0v) is 17.2. The SMILES string of the molecule is CCCS(=O)(=O)N(CC)[C@H]1c2cc(C(F)(F)C(F)(F)F)ccc2OC(C)(C)[C@@H]1O. The number of alkyl halides is 5. The molecule has 5 nitrogen and oxygen atoms in total. The van der Waals surface area contributed by atoms with E-state index in [2.05, 4.69) is 0 Å². The monoisotopic (exact) mass is 445 g/mol. The predicted molar refractivity (Wildman–Crippen MR) is 96.3 cm³/mol. The van der Waals surface area contributed by atoms with Gasteiger partial charge in [-0.1, -0.05) is 13.8 Å². The van der Waals surface area contributed by atoms with Gasteiger partial charge >= 0.3 is 12.1 Å². The van der Waals surface area contributed by atoms with Gasteiger partial charge in [0.2, 0.25) is 10.0 Å². The Bertz CT molecular complexity index is 854. The van der Waals surface area contributed by atoms with Gasteiger partial charge in [0.05, 0.1) is 11.8 Å². The molecule has 0 saturated carbocycles. The van der Waals surface area contributed by atoms with Crippen molar-refractivity contribution in [3.8, 4) is 5.75 Å². The van der Waals surface area contributed by atoms with E-state index in [0.29, 0.717) is 12.1 Å². The van der Waals surface area contributed by atoms with Crippen LogP contribution in [0.5, 0.6) is 5.75 Å². The largest absolute Gasteiger partial charge is 0.485 e. The molecule has 0 amide bonds. The Morgan fingerprint density at radius 2 is 1.76 bits per heavy atom. The third-order valence-electron chi connectivity index (χ3n) is 4.87. The fourth-order valence-electron chi connectivity index (χ4n) is 3.38. The summed E-state index contributed by atoms with van der Waals surface area (Å²) in [6.07, 6.45) is -7.07. The number of sulfonamides is 1. The standard InChI is InChI=1S/C18H24F5NO4S/c1-5-9-29(26,27)24(6-2)14-12-10-11(17(19,20)18(21,22)23)7-8-13(12)28-16(3,4)15(14)25/h7-8,10,14-15,25H,5-6,9H2,1-4H3/t14-,15+/m0/s1. The van der Waals surface area contributed by atoms with Crippen LogP contribution in [0.3, 0.4) is 0 Å². The highest BCUT2D eigenvalue weighted by Crippen LogP contribution is 2.49. The number of fused-ring (bicyclic) bond motifs is 1. The van der Waals surface area contributed by atoms with Crippen molar-refractivity contribution in [3.63, 3.8) is 0 Å². The van der Waals surface area contributed by atoms with Crippen LogP contribution >= 0.6 is 0 Å². The van der Waals surface area contributed by atoms with Crippen LogP contribution in [0.25, 0.3) is 0 Å². The summed E-state index contributed by atoms with van der Waals surface area (Å²) in [5.41, 5.74) is -2.89. The molecule has 0 radical (unpaired) electrons. The molecule has 11 heteroatoms. The number of benzene rings is 1. The van der Waals surface area contributed by atoms with Crippen molar-refractivity contribution < 1.29 is 40.2 Å². The number of nitrogens with zero attached hydrogens (tertiary/aromatic N) is 1. The lowest BCUT2D eigenvalue weighted by Gasteiger charge is -2.45. The third-order valence-corrected chi connectivity index (χ3v) is 7.00. The van der Waals surface area contributed by atoms with Crippen LogP contribution < -0.4 is 4.74 Å². The molecule has 1 aliphatic heterocycles. The van der Waals surface area contributed by atoms with Crippen LogP contribution in [0.15, 0.2) is 18.2 Å². The number of aliphatic hydroxyl groups is 1. The number of hydrogen-bond acceptors (Lipinski definition) is 4. The predicted octanol–water partition coefficient (Wildman–Crippen LogP) is 3.98. The number of likely N-dealkylation sites (N-methyl/N-ethyl adjacent to an activating group) is 1. The first-order valence-corrected chi connectivity index (χ1v) is 10.7. The van der Waals surface area contributed by atoms with Gasteiger partial charge in [0.1, 0.15) is 17.5 Å². The smallest absolute Gasteiger partial charge is 0.458 e. The van der Waals surface area contributed by atoms with Gasteiger partial charge < -0.3 is 9.84 Å². The molecule has 0 fully saturated rings. The van der Waals surface area contributed by atoms with Crippen molar-refractivity contribution in [1.82, 2.24) is 4.31 Å². The first kappa shape index (κ1) is 23.8. The lowest BCUT2D eigenvalue weighted by molar-refractivity contribution is -0.289. The third kappa shape index (κ3) is 4.22. The average molecular weight is 445 g/mol. The second kappa shape index (κ2) is 7.66. The molecule has 1 aromatic carbocycles. The number of rotatable bonds is 6. The van der Waals surface area contributed by atoms with E-state index in [9.17, 15) is 35.5 Å². The van der Waals surface area contributed by atoms with Crippen LogP contribution in [0, 0.1) is 0 Å². The van der Waals surface area contributed by atoms with E-state index in [4.69, 9.17) is 4.74 Å². The minimum atomic E-state index is -5.83. The van der Waals surface area contributed by atoms with Crippen molar-refractivity contribution in [3.05, 3.63) is 29.3 Å². The summed E-state index contributed by atoms with van der Waals surface area (Å²) >= 11 is 0. The Kier molecular flexibility index (Phi) is 6.29. The summed E-state index contributed by atoms with van der Waals surface area (Å²) in [6, 6.07) is 0.731. The summed E-state index contributed by atoms with van der Waals surface area (Å²) in [6.45, 7) is 5.97. The van der Waals surface area contributed by atoms with Crippen molar-refractivity contribution >= 4 is 10.0 Å². The molecule has 2 rings (SSSR count). The van der Waals surface area contributed by atoms with E-state index in [1.165, 1.54) is 20.8 Å². The van der Waals surface area contributed by atoms with Gasteiger partial charge in [-0.25, -0.2) is 8.42 Å². The van der Waals surface area contributed by atoms with Crippen LogP contribution in [0.1, 0.15) is 51.3 Å². The molecule has 0 spiro atoms. The highest BCUT2D eigenvalue weighted by molar-refractivity contribution is 7.89. The highest BCUT2D eigenvalue weighted by Gasteiger charge is 2.59. The topological polar surface area (TPSA) is 66.8 Å².